The molecule has 1 aromatic heterocycles. The summed E-state index contributed by atoms with van der Waals surface area (Å²) in [7, 11) is 1.46. The van der Waals surface area contributed by atoms with Crippen LogP contribution < -0.4 is 5.32 Å². The number of piperidine rings is 1. The highest BCUT2D eigenvalue weighted by molar-refractivity contribution is 5.80. The average molecular weight is 332 g/mol. The number of likely N-dealkylation sites (tertiary alicyclic amines) is 1. The van der Waals surface area contributed by atoms with Crippen LogP contribution in [0.5, 0.6) is 0 Å². The van der Waals surface area contributed by atoms with Gasteiger partial charge in [0.15, 0.2) is 5.96 Å². The number of hydrogen-bond acceptors (Lipinski definition) is 4. The van der Waals surface area contributed by atoms with E-state index in [-0.39, 0.29) is 11.9 Å². The zero-order valence-electron chi connectivity index (χ0n) is 14.9. The first-order valence-electron chi connectivity index (χ1n) is 8.66. The lowest BCUT2D eigenvalue weighted by molar-refractivity contribution is -0.146. The fraction of sp³-hybridized carbons (Fsp3) is 0.611. The van der Waals surface area contributed by atoms with Crippen LogP contribution in [0.3, 0.4) is 0 Å². The van der Waals surface area contributed by atoms with Crippen LogP contribution in [0.25, 0.3) is 0 Å². The van der Waals surface area contributed by atoms with Crippen LogP contribution in [0.4, 0.5) is 0 Å². The van der Waals surface area contributed by atoms with Gasteiger partial charge in [-0.25, -0.2) is 0 Å². The lowest BCUT2D eigenvalue weighted by atomic mass is 9.97. The molecular weight excluding hydrogens is 304 g/mol. The minimum Gasteiger partial charge on any atom is -0.469 e. The van der Waals surface area contributed by atoms with Crippen LogP contribution in [0.15, 0.2) is 23.3 Å². The molecule has 0 radical (unpaired) electrons. The first-order valence-corrected chi connectivity index (χ1v) is 8.66. The molecule has 132 valence electrons. The molecule has 1 saturated heterocycles. The Bertz CT molecular complexity index is 549. The molecule has 1 aromatic rings. The number of methoxy groups -OCH3 is 1. The van der Waals surface area contributed by atoms with Gasteiger partial charge in [0.25, 0.3) is 0 Å². The van der Waals surface area contributed by atoms with Gasteiger partial charge in [0.2, 0.25) is 0 Å². The third-order valence-corrected chi connectivity index (χ3v) is 4.30. The van der Waals surface area contributed by atoms with Crippen molar-refractivity contribution in [2.45, 2.75) is 33.1 Å². The van der Waals surface area contributed by atoms with Gasteiger partial charge in [-0.15, -0.1) is 0 Å². The monoisotopic (exact) mass is 332 g/mol. The fourth-order valence-electron chi connectivity index (χ4n) is 2.86. The van der Waals surface area contributed by atoms with Crippen LogP contribution in [-0.4, -0.2) is 55.1 Å². The molecule has 0 spiro atoms. The molecule has 0 unspecified atom stereocenters. The Hall–Kier alpha value is -2.11. The second kappa shape index (κ2) is 9.25. The van der Waals surface area contributed by atoms with Crippen molar-refractivity contribution in [3.63, 3.8) is 0 Å². The first-order chi connectivity index (χ1) is 11.6. The predicted octanol–water partition coefficient (Wildman–Crippen LogP) is 1.78. The van der Waals surface area contributed by atoms with Crippen molar-refractivity contribution in [3.05, 3.63) is 29.6 Å². The number of nitrogens with one attached hydrogen (secondary N) is 1. The van der Waals surface area contributed by atoms with E-state index in [4.69, 9.17) is 9.73 Å². The number of guanidine groups is 1. The summed E-state index contributed by atoms with van der Waals surface area (Å²) in [5.41, 5.74) is 2.23. The van der Waals surface area contributed by atoms with Crippen molar-refractivity contribution in [1.29, 1.82) is 0 Å². The highest BCUT2D eigenvalue weighted by Crippen LogP contribution is 2.18. The van der Waals surface area contributed by atoms with E-state index < -0.39 is 0 Å². The van der Waals surface area contributed by atoms with E-state index in [0.29, 0.717) is 0 Å². The number of pyridine rings is 1. The van der Waals surface area contributed by atoms with Crippen molar-refractivity contribution < 1.29 is 9.53 Å². The van der Waals surface area contributed by atoms with E-state index >= 15 is 0 Å². The summed E-state index contributed by atoms with van der Waals surface area (Å²) in [6, 6.07) is 4.13. The number of esters is 1. The van der Waals surface area contributed by atoms with Gasteiger partial charge in [-0.1, -0.05) is 6.07 Å². The second-order valence-corrected chi connectivity index (χ2v) is 6.08. The number of nitrogens with zero attached hydrogens (tertiary/aromatic N) is 3. The average Bonchev–Trinajstić information content (AvgIpc) is 2.62. The highest BCUT2D eigenvalue weighted by atomic mass is 16.5. The van der Waals surface area contributed by atoms with Crippen molar-refractivity contribution in [1.82, 2.24) is 15.2 Å². The van der Waals surface area contributed by atoms with E-state index in [1.807, 2.05) is 19.2 Å². The summed E-state index contributed by atoms with van der Waals surface area (Å²) >= 11 is 0. The highest BCUT2D eigenvalue weighted by Gasteiger charge is 2.26. The fourth-order valence-corrected chi connectivity index (χ4v) is 2.86. The molecule has 2 heterocycles. The molecule has 6 nitrogen and oxygen atoms in total. The molecule has 1 aliphatic heterocycles. The van der Waals surface area contributed by atoms with Gasteiger partial charge in [-0.3, -0.25) is 14.8 Å². The van der Waals surface area contributed by atoms with Gasteiger partial charge in [-0.2, -0.15) is 0 Å². The Morgan fingerprint density at radius 3 is 2.75 bits per heavy atom. The second-order valence-electron chi connectivity index (χ2n) is 6.08. The maximum atomic E-state index is 11.6. The number of aliphatic imine (C=N–C) groups is 1. The molecule has 0 atom stereocenters. The SMILES string of the molecule is CCNC(=NCCc1ccc(C)nc1)N1CCC(C(=O)OC)CC1. The van der Waals surface area contributed by atoms with Crippen LogP contribution in [0, 0.1) is 12.8 Å². The molecule has 0 aliphatic carbocycles. The lowest BCUT2D eigenvalue weighted by Gasteiger charge is -2.33. The van der Waals surface area contributed by atoms with E-state index in [1.165, 1.54) is 12.7 Å². The van der Waals surface area contributed by atoms with Crippen LogP contribution in [0.1, 0.15) is 31.0 Å². The largest absolute Gasteiger partial charge is 0.469 e. The van der Waals surface area contributed by atoms with E-state index in [0.717, 1.165) is 57.1 Å². The summed E-state index contributed by atoms with van der Waals surface area (Å²) in [5, 5.41) is 3.35. The van der Waals surface area contributed by atoms with Crippen molar-refractivity contribution in [3.8, 4) is 0 Å². The number of hydrogen-bond donors (Lipinski definition) is 1. The van der Waals surface area contributed by atoms with Crippen LogP contribution >= 0.6 is 0 Å². The summed E-state index contributed by atoms with van der Waals surface area (Å²) in [6.07, 6.45) is 4.43. The molecule has 2 rings (SSSR count). The summed E-state index contributed by atoms with van der Waals surface area (Å²) in [5.74, 6) is 0.858. The Morgan fingerprint density at radius 1 is 1.42 bits per heavy atom. The van der Waals surface area contributed by atoms with Gasteiger partial charge in [-0.05, 0) is 44.7 Å². The maximum absolute atomic E-state index is 11.6. The quantitative estimate of drug-likeness (QED) is 0.506. The number of ether oxygens (including phenoxy) is 1. The number of rotatable bonds is 5. The lowest BCUT2D eigenvalue weighted by Crippen LogP contribution is -2.46. The third-order valence-electron chi connectivity index (χ3n) is 4.30. The van der Waals surface area contributed by atoms with Gasteiger partial charge < -0.3 is 15.0 Å². The van der Waals surface area contributed by atoms with Gasteiger partial charge in [0, 0.05) is 38.1 Å². The molecule has 24 heavy (non-hydrogen) atoms. The Kier molecular flexibility index (Phi) is 7.03. The Balaban J connectivity index is 1.89. The molecule has 1 N–H and O–H groups in total. The standard InChI is InChI=1S/C18H28N4O2/c1-4-19-18(20-10-7-15-6-5-14(2)21-13-15)22-11-8-16(9-12-22)17(23)24-3/h5-6,13,16H,4,7-12H2,1-3H3,(H,19,20). The third kappa shape index (κ3) is 5.22. The minimum absolute atomic E-state index is 0.0211. The molecule has 1 fully saturated rings. The number of carbonyl (C=O) groups is 1. The summed E-state index contributed by atoms with van der Waals surface area (Å²) in [6.45, 7) is 7.28. The summed E-state index contributed by atoms with van der Waals surface area (Å²) in [4.78, 5) is 22.9. The smallest absolute Gasteiger partial charge is 0.308 e. The van der Waals surface area contributed by atoms with Crippen molar-refractivity contribution in [2.24, 2.45) is 10.9 Å². The molecule has 6 heteroatoms. The van der Waals surface area contributed by atoms with Gasteiger partial charge in [0.05, 0.1) is 13.0 Å². The predicted molar refractivity (Wildman–Crippen MR) is 95.0 cm³/mol. The first kappa shape index (κ1) is 18.2. The van der Waals surface area contributed by atoms with E-state index in [2.05, 4.69) is 28.2 Å². The minimum atomic E-state index is -0.0940. The Morgan fingerprint density at radius 2 is 2.17 bits per heavy atom. The van der Waals surface area contributed by atoms with E-state index in [9.17, 15) is 4.79 Å². The normalized spacial score (nSPS) is 16.1. The number of aromatic nitrogens is 1. The zero-order valence-corrected chi connectivity index (χ0v) is 14.9. The number of carbonyl (C=O) groups excluding carboxylic acids is 1. The molecule has 0 amide bonds. The molecule has 1 aliphatic rings. The maximum Gasteiger partial charge on any atom is 0.308 e. The zero-order chi connectivity index (χ0) is 17.4. The van der Waals surface area contributed by atoms with E-state index in [1.54, 1.807) is 0 Å². The van der Waals surface area contributed by atoms with Crippen molar-refractivity contribution >= 4 is 11.9 Å². The summed E-state index contributed by atoms with van der Waals surface area (Å²) < 4.78 is 4.85. The molecule has 0 saturated carbocycles. The van der Waals surface area contributed by atoms with Crippen LogP contribution in [0.2, 0.25) is 0 Å². The topological polar surface area (TPSA) is 66.8 Å². The Labute approximate surface area is 144 Å². The van der Waals surface area contributed by atoms with Gasteiger partial charge in [0.1, 0.15) is 0 Å². The molecular formula is C18H28N4O2. The molecule has 0 aromatic carbocycles. The number of aryl methyl sites for hydroxylation is 1. The van der Waals surface area contributed by atoms with Gasteiger partial charge >= 0.3 is 5.97 Å². The van der Waals surface area contributed by atoms with Crippen molar-refractivity contribution in [2.75, 3.05) is 33.3 Å². The van der Waals surface area contributed by atoms with Crippen LogP contribution in [-0.2, 0) is 16.0 Å². The molecule has 0 bridgehead atoms.